The maximum absolute atomic E-state index is 5.23. The quantitative estimate of drug-likeness (QED) is 0.741. The van der Waals surface area contributed by atoms with Gasteiger partial charge in [-0.3, -0.25) is 0 Å². The normalized spacial score (nSPS) is 10.8. The fourth-order valence-electron chi connectivity index (χ4n) is 1.82. The van der Waals surface area contributed by atoms with Crippen LogP contribution >= 0.6 is 11.3 Å². The van der Waals surface area contributed by atoms with Crippen LogP contribution in [0.15, 0.2) is 30.6 Å². The molecule has 3 aromatic rings. The van der Waals surface area contributed by atoms with Gasteiger partial charge in [0.1, 0.15) is 10.8 Å². The van der Waals surface area contributed by atoms with E-state index in [1.165, 1.54) is 0 Å². The molecule has 6 heteroatoms. The molecular formula is C14H14N4OS. The zero-order valence-corrected chi connectivity index (χ0v) is 12.3. The molecule has 0 saturated carbocycles. The van der Waals surface area contributed by atoms with E-state index in [1.807, 2.05) is 37.2 Å². The van der Waals surface area contributed by atoms with E-state index in [2.05, 4.69) is 15.0 Å². The third-order valence-electron chi connectivity index (χ3n) is 2.88. The Morgan fingerprint density at radius 1 is 1.15 bits per heavy atom. The van der Waals surface area contributed by atoms with Crippen molar-refractivity contribution in [3.05, 3.63) is 30.6 Å². The van der Waals surface area contributed by atoms with Crippen molar-refractivity contribution < 1.29 is 4.74 Å². The standard InChI is InChI=1S/C14H14N4OS/c1-18(2)14-15-7-9(8-16-14)13-17-11-5-4-10(19-3)6-12(11)20-13/h4-8H,1-3H3. The van der Waals surface area contributed by atoms with Crippen molar-refractivity contribution >= 4 is 27.5 Å². The molecule has 0 radical (unpaired) electrons. The van der Waals surface area contributed by atoms with Gasteiger partial charge >= 0.3 is 0 Å². The number of anilines is 1. The van der Waals surface area contributed by atoms with Gasteiger partial charge in [0, 0.05) is 32.1 Å². The maximum atomic E-state index is 5.23. The highest BCUT2D eigenvalue weighted by Gasteiger charge is 2.08. The van der Waals surface area contributed by atoms with E-state index in [4.69, 9.17) is 4.74 Å². The molecule has 0 amide bonds. The summed E-state index contributed by atoms with van der Waals surface area (Å²) in [6.45, 7) is 0. The van der Waals surface area contributed by atoms with Crippen molar-refractivity contribution in [2.75, 3.05) is 26.1 Å². The molecule has 0 aliphatic rings. The molecule has 2 heterocycles. The zero-order valence-electron chi connectivity index (χ0n) is 11.5. The Morgan fingerprint density at radius 3 is 2.55 bits per heavy atom. The molecule has 0 bridgehead atoms. The average Bonchev–Trinajstić information content (AvgIpc) is 2.90. The summed E-state index contributed by atoms with van der Waals surface area (Å²) < 4.78 is 6.32. The molecule has 0 N–H and O–H groups in total. The van der Waals surface area contributed by atoms with Crippen LogP contribution < -0.4 is 9.64 Å². The zero-order chi connectivity index (χ0) is 14.1. The summed E-state index contributed by atoms with van der Waals surface area (Å²) in [5.41, 5.74) is 1.89. The highest BCUT2D eigenvalue weighted by molar-refractivity contribution is 7.21. The van der Waals surface area contributed by atoms with Gasteiger partial charge in [0.05, 0.1) is 17.3 Å². The molecule has 0 atom stereocenters. The number of thiazole rings is 1. The molecule has 0 aliphatic carbocycles. The van der Waals surface area contributed by atoms with Gasteiger partial charge in [-0.25, -0.2) is 15.0 Å². The van der Waals surface area contributed by atoms with Gasteiger partial charge in [0.15, 0.2) is 0 Å². The summed E-state index contributed by atoms with van der Waals surface area (Å²) in [5.74, 6) is 1.53. The lowest BCUT2D eigenvalue weighted by Gasteiger charge is -2.08. The van der Waals surface area contributed by atoms with Crippen LogP contribution in [0.5, 0.6) is 5.75 Å². The molecule has 102 valence electrons. The molecule has 2 aromatic heterocycles. The minimum Gasteiger partial charge on any atom is -0.497 e. The minimum absolute atomic E-state index is 0.691. The van der Waals surface area contributed by atoms with Gasteiger partial charge in [-0.2, -0.15) is 0 Å². The van der Waals surface area contributed by atoms with Crippen LogP contribution in [0.25, 0.3) is 20.8 Å². The Morgan fingerprint density at radius 2 is 1.90 bits per heavy atom. The Bertz CT molecular complexity index is 737. The SMILES string of the molecule is COc1ccc2nc(-c3cnc(N(C)C)nc3)sc2c1. The summed E-state index contributed by atoms with van der Waals surface area (Å²) in [7, 11) is 5.49. The van der Waals surface area contributed by atoms with E-state index in [9.17, 15) is 0 Å². The van der Waals surface area contributed by atoms with Crippen LogP contribution in [0.4, 0.5) is 5.95 Å². The predicted octanol–water partition coefficient (Wildman–Crippen LogP) is 2.83. The molecule has 0 fully saturated rings. The third kappa shape index (κ3) is 2.30. The lowest BCUT2D eigenvalue weighted by molar-refractivity contribution is 0.415. The van der Waals surface area contributed by atoms with Crippen molar-refractivity contribution in [3.63, 3.8) is 0 Å². The van der Waals surface area contributed by atoms with Crippen LogP contribution in [0, 0.1) is 0 Å². The topological polar surface area (TPSA) is 51.1 Å². The van der Waals surface area contributed by atoms with E-state index >= 15 is 0 Å². The van der Waals surface area contributed by atoms with Crippen molar-refractivity contribution in [2.24, 2.45) is 0 Å². The summed E-state index contributed by atoms with van der Waals surface area (Å²) in [5, 5.41) is 0.915. The summed E-state index contributed by atoms with van der Waals surface area (Å²) >= 11 is 1.61. The lowest BCUT2D eigenvalue weighted by atomic mass is 10.3. The summed E-state index contributed by atoms with van der Waals surface area (Å²) in [6.07, 6.45) is 3.61. The second-order valence-electron chi connectivity index (χ2n) is 4.52. The summed E-state index contributed by atoms with van der Waals surface area (Å²) in [6, 6.07) is 5.87. The number of hydrogen-bond donors (Lipinski definition) is 0. The second-order valence-corrected chi connectivity index (χ2v) is 5.55. The first-order valence-electron chi connectivity index (χ1n) is 6.11. The molecule has 0 spiro atoms. The van der Waals surface area contributed by atoms with Crippen LogP contribution in [-0.2, 0) is 0 Å². The van der Waals surface area contributed by atoms with Crippen molar-refractivity contribution in [1.29, 1.82) is 0 Å². The number of fused-ring (bicyclic) bond motifs is 1. The van der Waals surface area contributed by atoms with Crippen molar-refractivity contribution in [2.45, 2.75) is 0 Å². The molecule has 20 heavy (non-hydrogen) atoms. The third-order valence-corrected chi connectivity index (χ3v) is 3.95. The number of aromatic nitrogens is 3. The van der Waals surface area contributed by atoms with E-state index < -0.39 is 0 Å². The number of rotatable bonds is 3. The minimum atomic E-state index is 0.691. The number of hydrogen-bond acceptors (Lipinski definition) is 6. The summed E-state index contributed by atoms with van der Waals surface area (Å²) in [4.78, 5) is 15.1. The Hall–Kier alpha value is -2.21. The largest absolute Gasteiger partial charge is 0.497 e. The first kappa shape index (κ1) is 12.8. The fraction of sp³-hybridized carbons (Fsp3) is 0.214. The average molecular weight is 286 g/mol. The number of nitrogens with zero attached hydrogens (tertiary/aromatic N) is 4. The number of methoxy groups -OCH3 is 1. The van der Waals surface area contributed by atoms with E-state index in [0.29, 0.717) is 5.95 Å². The lowest BCUT2D eigenvalue weighted by Crippen LogP contribution is -2.12. The van der Waals surface area contributed by atoms with Crippen LogP contribution in [0.3, 0.4) is 0 Å². The van der Waals surface area contributed by atoms with Gasteiger partial charge in [-0.15, -0.1) is 11.3 Å². The highest BCUT2D eigenvalue weighted by Crippen LogP contribution is 2.31. The molecule has 0 unspecified atom stereocenters. The van der Waals surface area contributed by atoms with Crippen LogP contribution in [0.2, 0.25) is 0 Å². The number of ether oxygens (including phenoxy) is 1. The van der Waals surface area contributed by atoms with Crippen LogP contribution in [0.1, 0.15) is 0 Å². The monoisotopic (exact) mass is 286 g/mol. The first-order valence-corrected chi connectivity index (χ1v) is 6.93. The van der Waals surface area contributed by atoms with E-state index in [1.54, 1.807) is 30.8 Å². The molecule has 3 rings (SSSR count). The van der Waals surface area contributed by atoms with Gasteiger partial charge in [0.25, 0.3) is 0 Å². The molecular weight excluding hydrogens is 272 g/mol. The van der Waals surface area contributed by atoms with Gasteiger partial charge in [0.2, 0.25) is 5.95 Å². The number of benzene rings is 1. The van der Waals surface area contributed by atoms with Gasteiger partial charge in [-0.1, -0.05) is 0 Å². The smallest absolute Gasteiger partial charge is 0.224 e. The predicted molar refractivity (Wildman–Crippen MR) is 81.5 cm³/mol. The van der Waals surface area contributed by atoms with Gasteiger partial charge < -0.3 is 9.64 Å². The molecule has 0 aliphatic heterocycles. The van der Waals surface area contributed by atoms with Crippen LogP contribution in [-0.4, -0.2) is 36.2 Å². The first-order chi connectivity index (χ1) is 9.67. The Labute approximate surface area is 120 Å². The Balaban J connectivity index is 2.01. The van der Waals surface area contributed by atoms with Gasteiger partial charge in [-0.05, 0) is 18.2 Å². The Kier molecular flexibility index (Phi) is 3.23. The highest BCUT2D eigenvalue weighted by atomic mass is 32.1. The van der Waals surface area contributed by atoms with E-state index in [-0.39, 0.29) is 0 Å². The maximum Gasteiger partial charge on any atom is 0.224 e. The molecule has 0 saturated heterocycles. The second kappa shape index (κ2) is 5.05. The molecule has 1 aromatic carbocycles. The fourth-order valence-corrected chi connectivity index (χ4v) is 2.79. The van der Waals surface area contributed by atoms with Crippen molar-refractivity contribution in [3.8, 4) is 16.3 Å². The van der Waals surface area contributed by atoms with E-state index in [0.717, 1.165) is 26.5 Å². The van der Waals surface area contributed by atoms with Crippen molar-refractivity contribution in [1.82, 2.24) is 15.0 Å². The molecule has 5 nitrogen and oxygen atoms in total.